The number of carbonyl (C=O) groups is 2. The first kappa shape index (κ1) is 35.1. The lowest BCUT2D eigenvalue weighted by Gasteiger charge is -2.32. The van der Waals surface area contributed by atoms with Crippen molar-refractivity contribution in [1.29, 1.82) is 0 Å². The first-order valence-corrected chi connectivity index (χ1v) is 15.5. The molecule has 2 aromatic carbocycles. The molecule has 0 radical (unpaired) electrons. The molecule has 3 atom stereocenters. The molecule has 2 amide bonds. The zero-order valence-corrected chi connectivity index (χ0v) is 27.4. The quantitative estimate of drug-likeness (QED) is 0.285. The zero-order chi connectivity index (χ0) is 32.3. The minimum Gasteiger partial charge on any atom is -0.493 e. The number of benzene rings is 2. The summed E-state index contributed by atoms with van der Waals surface area (Å²) in [7, 11) is 3.21. The molecular weight excluding hydrogens is 562 g/mol. The first-order chi connectivity index (χ1) is 20.9. The Morgan fingerprint density at radius 3 is 2.41 bits per heavy atom. The van der Waals surface area contributed by atoms with Crippen LogP contribution in [0.1, 0.15) is 57.0 Å². The summed E-state index contributed by atoms with van der Waals surface area (Å²) < 4.78 is 22.2. The Balaban J connectivity index is 1.77. The average Bonchev–Trinajstić information content (AvgIpc) is 3.39. The average molecular weight is 614 g/mol. The van der Waals surface area contributed by atoms with E-state index in [2.05, 4.69) is 5.32 Å². The number of methoxy groups -OCH3 is 2. The molecule has 1 saturated heterocycles. The molecule has 3 unspecified atom stereocenters. The summed E-state index contributed by atoms with van der Waals surface area (Å²) in [5.41, 5.74) is 0.922. The van der Waals surface area contributed by atoms with Crippen LogP contribution in [-0.4, -0.2) is 104 Å². The number of hydrogen-bond acceptors (Lipinski definition) is 8. The number of nitrogens with one attached hydrogen (secondary N) is 1. The van der Waals surface area contributed by atoms with Crippen LogP contribution in [0.2, 0.25) is 0 Å². The smallest absolute Gasteiger partial charge is 0.410 e. The van der Waals surface area contributed by atoms with Gasteiger partial charge in [0.15, 0.2) is 11.5 Å². The molecule has 0 spiro atoms. The highest BCUT2D eigenvalue weighted by Crippen LogP contribution is 2.30. The van der Waals surface area contributed by atoms with Gasteiger partial charge in [-0.3, -0.25) is 4.79 Å². The molecule has 0 saturated carbocycles. The van der Waals surface area contributed by atoms with Gasteiger partial charge in [0, 0.05) is 69.9 Å². The third-order valence-electron chi connectivity index (χ3n) is 7.50. The molecule has 0 aromatic heterocycles. The van der Waals surface area contributed by atoms with E-state index in [-0.39, 0.29) is 30.0 Å². The van der Waals surface area contributed by atoms with Gasteiger partial charge < -0.3 is 39.2 Å². The third-order valence-corrected chi connectivity index (χ3v) is 7.50. The lowest BCUT2D eigenvalue weighted by molar-refractivity contribution is 0.0283. The molecule has 0 bridgehead atoms. The standard InChI is InChI=1S/C34H51N3O7/c1-24(2)37(32(39)26-14-15-30(42-7)31(19-26)43-17-11-16-41-6)22-27-21-36(33(40)44-34(3,4)5)23-29(27)35-20-28(38)18-25-12-9-8-10-13-25/h8-10,12-15,19,24,27-29,35,38H,11,16-18,20-23H2,1-7H3. The maximum Gasteiger partial charge on any atom is 0.410 e. The number of ether oxygens (including phenoxy) is 4. The Kier molecular flexibility index (Phi) is 13.3. The van der Waals surface area contributed by atoms with Crippen molar-refractivity contribution < 1.29 is 33.6 Å². The van der Waals surface area contributed by atoms with E-state index in [4.69, 9.17) is 18.9 Å². The van der Waals surface area contributed by atoms with Gasteiger partial charge >= 0.3 is 6.09 Å². The van der Waals surface area contributed by atoms with Crippen LogP contribution in [0.3, 0.4) is 0 Å². The van der Waals surface area contributed by atoms with E-state index in [9.17, 15) is 14.7 Å². The number of aliphatic hydroxyl groups excluding tert-OH is 1. The Bertz CT molecular complexity index is 1190. The summed E-state index contributed by atoms with van der Waals surface area (Å²) in [6.07, 6.45) is 0.244. The normalized spacial score (nSPS) is 17.4. The van der Waals surface area contributed by atoms with E-state index in [1.165, 1.54) is 0 Å². The number of carbonyl (C=O) groups excluding carboxylic acids is 2. The van der Waals surface area contributed by atoms with E-state index in [1.807, 2.05) is 69.9 Å². The summed E-state index contributed by atoms with van der Waals surface area (Å²) in [5.74, 6) is 0.836. The second kappa shape index (κ2) is 16.7. The van der Waals surface area contributed by atoms with Crippen LogP contribution >= 0.6 is 0 Å². The van der Waals surface area contributed by atoms with Crippen LogP contribution in [0.25, 0.3) is 0 Å². The Morgan fingerprint density at radius 1 is 1.05 bits per heavy atom. The van der Waals surface area contributed by atoms with Gasteiger partial charge in [0.2, 0.25) is 0 Å². The van der Waals surface area contributed by atoms with Crippen molar-refractivity contribution >= 4 is 12.0 Å². The lowest BCUT2D eigenvalue weighted by Crippen LogP contribution is -2.47. The van der Waals surface area contributed by atoms with E-state index < -0.39 is 11.7 Å². The number of aliphatic hydroxyl groups is 1. The Morgan fingerprint density at radius 2 is 1.77 bits per heavy atom. The van der Waals surface area contributed by atoms with E-state index in [0.717, 1.165) is 5.56 Å². The summed E-state index contributed by atoms with van der Waals surface area (Å²) in [6, 6.07) is 14.8. The topological polar surface area (TPSA) is 110 Å². The number of hydrogen-bond donors (Lipinski definition) is 2. The van der Waals surface area contributed by atoms with Gasteiger partial charge in [0.25, 0.3) is 5.91 Å². The van der Waals surface area contributed by atoms with Gasteiger partial charge in [0.05, 0.1) is 19.8 Å². The van der Waals surface area contributed by atoms with Crippen molar-refractivity contribution in [2.45, 2.75) is 71.2 Å². The van der Waals surface area contributed by atoms with E-state index >= 15 is 0 Å². The van der Waals surface area contributed by atoms with Crippen LogP contribution in [-0.2, 0) is 15.9 Å². The predicted octanol–water partition coefficient (Wildman–Crippen LogP) is 4.39. The molecule has 0 aliphatic carbocycles. The van der Waals surface area contributed by atoms with Crippen LogP contribution in [0.4, 0.5) is 4.79 Å². The van der Waals surface area contributed by atoms with Gasteiger partial charge in [-0.15, -0.1) is 0 Å². The highest BCUT2D eigenvalue weighted by atomic mass is 16.6. The molecule has 3 rings (SSSR count). The van der Waals surface area contributed by atoms with Gasteiger partial charge in [-0.1, -0.05) is 30.3 Å². The Hall–Kier alpha value is -3.34. The fraction of sp³-hybridized carbons (Fsp3) is 0.588. The molecule has 1 aliphatic rings. The van der Waals surface area contributed by atoms with Crippen molar-refractivity contribution in [3.05, 3.63) is 59.7 Å². The van der Waals surface area contributed by atoms with Gasteiger partial charge in [-0.05, 0) is 64.8 Å². The summed E-state index contributed by atoms with van der Waals surface area (Å²) in [5, 5.41) is 14.3. The largest absolute Gasteiger partial charge is 0.493 e. The molecule has 2 aromatic rings. The van der Waals surface area contributed by atoms with Crippen LogP contribution in [0.15, 0.2) is 48.5 Å². The van der Waals surface area contributed by atoms with Gasteiger partial charge in [-0.25, -0.2) is 4.79 Å². The van der Waals surface area contributed by atoms with Crippen LogP contribution in [0, 0.1) is 5.92 Å². The molecule has 1 fully saturated rings. The second-order valence-corrected chi connectivity index (χ2v) is 12.6. The van der Waals surface area contributed by atoms with Gasteiger partial charge in [-0.2, -0.15) is 0 Å². The summed E-state index contributed by atoms with van der Waals surface area (Å²) in [6.45, 7) is 12.1. The minimum absolute atomic E-state index is 0.0826. The predicted molar refractivity (Wildman–Crippen MR) is 170 cm³/mol. The molecule has 10 heteroatoms. The lowest BCUT2D eigenvalue weighted by atomic mass is 10.0. The molecule has 1 aliphatic heterocycles. The minimum atomic E-state index is -0.623. The summed E-state index contributed by atoms with van der Waals surface area (Å²) >= 11 is 0. The number of rotatable bonds is 15. The fourth-order valence-corrected chi connectivity index (χ4v) is 5.26. The third kappa shape index (κ3) is 10.7. The highest BCUT2D eigenvalue weighted by Gasteiger charge is 2.39. The molecule has 44 heavy (non-hydrogen) atoms. The number of nitrogens with zero attached hydrogens (tertiary/aromatic N) is 2. The molecule has 244 valence electrons. The van der Waals surface area contributed by atoms with Crippen LogP contribution in [0.5, 0.6) is 11.5 Å². The van der Waals surface area contributed by atoms with Crippen molar-refractivity contribution in [3.8, 4) is 11.5 Å². The highest BCUT2D eigenvalue weighted by molar-refractivity contribution is 5.95. The molecule has 2 N–H and O–H groups in total. The fourth-order valence-electron chi connectivity index (χ4n) is 5.26. The van der Waals surface area contributed by atoms with Crippen molar-refractivity contribution in [3.63, 3.8) is 0 Å². The van der Waals surface area contributed by atoms with Crippen molar-refractivity contribution in [2.24, 2.45) is 5.92 Å². The SMILES string of the molecule is COCCCOc1cc(C(=O)N(CC2CN(C(=O)OC(C)(C)C)CC2NCC(O)Cc2ccccc2)C(C)C)ccc1OC. The monoisotopic (exact) mass is 613 g/mol. The number of likely N-dealkylation sites (tertiary alicyclic amines) is 1. The van der Waals surface area contributed by atoms with Crippen molar-refractivity contribution in [2.75, 3.05) is 53.6 Å². The maximum atomic E-state index is 13.9. The van der Waals surface area contributed by atoms with E-state index in [0.29, 0.717) is 69.3 Å². The molecule has 10 nitrogen and oxygen atoms in total. The Labute approximate surface area is 262 Å². The number of amides is 2. The first-order valence-electron chi connectivity index (χ1n) is 15.5. The van der Waals surface area contributed by atoms with Crippen molar-refractivity contribution in [1.82, 2.24) is 15.1 Å². The van der Waals surface area contributed by atoms with Crippen LogP contribution < -0.4 is 14.8 Å². The molecule has 1 heterocycles. The summed E-state index contributed by atoms with van der Waals surface area (Å²) in [4.78, 5) is 30.5. The van der Waals surface area contributed by atoms with E-state index in [1.54, 1.807) is 37.3 Å². The second-order valence-electron chi connectivity index (χ2n) is 12.6. The molecular formula is C34H51N3O7. The zero-order valence-electron chi connectivity index (χ0n) is 27.4. The van der Waals surface area contributed by atoms with Gasteiger partial charge in [0.1, 0.15) is 5.60 Å². The maximum absolute atomic E-state index is 13.9.